The number of aromatic nitrogens is 3. The fourth-order valence-corrected chi connectivity index (χ4v) is 2.80. The van der Waals surface area contributed by atoms with E-state index in [1.54, 1.807) is 29.8 Å². The highest BCUT2D eigenvalue weighted by molar-refractivity contribution is 7.98. The second-order valence-electron chi connectivity index (χ2n) is 5.24. The Balaban J connectivity index is 1.73. The Bertz CT molecular complexity index is 948. The molecule has 0 saturated heterocycles. The number of benzene rings is 2. The molecule has 0 bridgehead atoms. The van der Waals surface area contributed by atoms with E-state index in [0.717, 1.165) is 11.3 Å². The Labute approximate surface area is 160 Å². The van der Waals surface area contributed by atoms with Gasteiger partial charge in [0.2, 0.25) is 4.77 Å². The average Bonchev–Trinajstić information content (AvgIpc) is 3.05. The van der Waals surface area contributed by atoms with Crippen LogP contribution in [0.4, 0.5) is 0 Å². The zero-order valence-electron chi connectivity index (χ0n) is 14.4. The molecule has 134 valence electrons. The smallest absolute Gasteiger partial charge is 0.216 e. The highest BCUT2D eigenvalue weighted by Gasteiger charge is 2.06. The van der Waals surface area contributed by atoms with Crippen molar-refractivity contribution in [1.82, 2.24) is 14.9 Å². The number of H-pyrrole nitrogens is 1. The fraction of sp³-hybridized carbons (Fsp3) is 0.167. The number of nitrogens with one attached hydrogen (secondary N) is 1. The first-order valence-corrected chi connectivity index (χ1v) is 9.44. The van der Waals surface area contributed by atoms with Gasteiger partial charge >= 0.3 is 0 Å². The molecule has 0 spiro atoms. The lowest BCUT2D eigenvalue weighted by Crippen LogP contribution is -2.04. The summed E-state index contributed by atoms with van der Waals surface area (Å²) in [6, 6.07) is 15.5. The fourth-order valence-electron chi connectivity index (χ4n) is 2.19. The third-order valence-electron chi connectivity index (χ3n) is 3.56. The predicted molar refractivity (Wildman–Crippen MR) is 106 cm³/mol. The van der Waals surface area contributed by atoms with E-state index in [9.17, 15) is 0 Å². The van der Waals surface area contributed by atoms with Crippen molar-refractivity contribution in [3.63, 3.8) is 0 Å². The molecule has 0 aliphatic rings. The lowest BCUT2D eigenvalue weighted by Gasteiger charge is -2.07. The summed E-state index contributed by atoms with van der Waals surface area (Å²) in [4.78, 5) is 1.20. The molecule has 1 N–H and O–H groups in total. The van der Waals surface area contributed by atoms with Crippen LogP contribution in [0, 0.1) is 4.77 Å². The van der Waals surface area contributed by atoms with Gasteiger partial charge in [-0.05, 0) is 48.3 Å². The summed E-state index contributed by atoms with van der Waals surface area (Å²) in [6.07, 6.45) is 3.78. The second-order valence-corrected chi connectivity index (χ2v) is 6.51. The first-order chi connectivity index (χ1) is 12.7. The van der Waals surface area contributed by atoms with E-state index in [2.05, 4.69) is 15.3 Å². The molecule has 26 heavy (non-hydrogen) atoms. The Hall–Kier alpha value is -2.58. The van der Waals surface area contributed by atoms with E-state index in [0.29, 0.717) is 16.3 Å². The molecule has 0 radical (unpaired) electrons. The maximum Gasteiger partial charge on any atom is 0.216 e. The standard InChI is InChI=1S/C18H18N4O2S2/c1-23-14-4-3-5-15(10-14)24-12-17-20-21-18(25)22(17)19-11-13-6-8-16(26-2)9-7-13/h3-11H,12H2,1-2H3,(H,21,25)/b19-11-. The summed E-state index contributed by atoms with van der Waals surface area (Å²) >= 11 is 6.95. The van der Waals surface area contributed by atoms with Crippen LogP contribution in [-0.4, -0.2) is 34.5 Å². The molecule has 0 fully saturated rings. The number of rotatable bonds is 7. The van der Waals surface area contributed by atoms with Crippen molar-refractivity contribution in [2.75, 3.05) is 13.4 Å². The van der Waals surface area contributed by atoms with Crippen molar-refractivity contribution in [2.24, 2.45) is 5.10 Å². The van der Waals surface area contributed by atoms with Gasteiger partial charge < -0.3 is 9.47 Å². The van der Waals surface area contributed by atoms with Gasteiger partial charge in [-0.2, -0.15) is 14.9 Å². The Morgan fingerprint density at radius 3 is 2.73 bits per heavy atom. The number of ether oxygens (including phenoxy) is 2. The van der Waals surface area contributed by atoms with Crippen LogP contribution in [0.1, 0.15) is 11.4 Å². The first kappa shape index (κ1) is 18.2. The monoisotopic (exact) mass is 386 g/mol. The van der Waals surface area contributed by atoms with Crippen molar-refractivity contribution < 1.29 is 9.47 Å². The molecule has 0 aliphatic heterocycles. The van der Waals surface area contributed by atoms with Crippen molar-refractivity contribution in [3.05, 3.63) is 64.7 Å². The van der Waals surface area contributed by atoms with Crippen LogP contribution in [0.3, 0.4) is 0 Å². The summed E-state index contributed by atoms with van der Waals surface area (Å²) in [6.45, 7) is 0.225. The molecule has 3 rings (SSSR count). The Kier molecular flexibility index (Phi) is 6.08. The van der Waals surface area contributed by atoms with Crippen LogP contribution >= 0.6 is 24.0 Å². The minimum atomic E-state index is 0.225. The maximum absolute atomic E-state index is 5.76. The summed E-state index contributed by atoms with van der Waals surface area (Å²) in [7, 11) is 1.62. The first-order valence-electron chi connectivity index (χ1n) is 7.81. The summed E-state index contributed by atoms with van der Waals surface area (Å²) in [5.74, 6) is 1.99. The SMILES string of the molecule is COc1cccc(OCc2n[nH]c(=S)n2/N=C\c2ccc(SC)cc2)c1. The molecule has 0 aliphatic carbocycles. The number of thioether (sulfide) groups is 1. The Morgan fingerprint density at radius 2 is 2.00 bits per heavy atom. The minimum absolute atomic E-state index is 0.225. The van der Waals surface area contributed by atoms with Gasteiger partial charge in [0.25, 0.3) is 0 Å². The molecule has 0 amide bonds. The molecule has 6 nitrogen and oxygen atoms in total. The largest absolute Gasteiger partial charge is 0.497 e. The van der Waals surface area contributed by atoms with Crippen molar-refractivity contribution in [1.29, 1.82) is 0 Å². The number of hydrogen-bond donors (Lipinski definition) is 1. The van der Waals surface area contributed by atoms with Crippen LogP contribution in [0.25, 0.3) is 0 Å². The van der Waals surface area contributed by atoms with Gasteiger partial charge in [-0.15, -0.1) is 11.8 Å². The van der Waals surface area contributed by atoms with Crippen LogP contribution in [0.2, 0.25) is 0 Å². The van der Waals surface area contributed by atoms with Gasteiger partial charge in [0.15, 0.2) is 5.82 Å². The summed E-state index contributed by atoms with van der Waals surface area (Å²) in [5.41, 5.74) is 0.977. The predicted octanol–water partition coefficient (Wildman–Crippen LogP) is 4.13. The third-order valence-corrected chi connectivity index (χ3v) is 4.57. The van der Waals surface area contributed by atoms with E-state index in [4.69, 9.17) is 21.7 Å². The van der Waals surface area contributed by atoms with Gasteiger partial charge in [-0.25, -0.2) is 5.10 Å². The van der Waals surface area contributed by atoms with Gasteiger partial charge in [0.1, 0.15) is 18.1 Å². The van der Waals surface area contributed by atoms with Crippen LogP contribution in [-0.2, 0) is 6.61 Å². The number of aromatic amines is 1. The number of nitrogens with zero attached hydrogens (tertiary/aromatic N) is 3. The minimum Gasteiger partial charge on any atom is -0.497 e. The van der Waals surface area contributed by atoms with Gasteiger partial charge in [0.05, 0.1) is 13.3 Å². The van der Waals surface area contributed by atoms with Crippen molar-refractivity contribution in [2.45, 2.75) is 11.5 Å². The zero-order valence-corrected chi connectivity index (χ0v) is 16.0. The van der Waals surface area contributed by atoms with Crippen molar-refractivity contribution >= 4 is 30.2 Å². The topological polar surface area (TPSA) is 64.4 Å². The molecule has 0 saturated carbocycles. The van der Waals surface area contributed by atoms with E-state index < -0.39 is 0 Å². The quantitative estimate of drug-likeness (QED) is 0.376. The van der Waals surface area contributed by atoms with E-state index in [1.165, 1.54) is 4.90 Å². The van der Waals surface area contributed by atoms with E-state index >= 15 is 0 Å². The van der Waals surface area contributed by atoms with Crippen LogP contribution < -0.4 is 9.47 Å². The molecule has 1 heterocycles. The zero-order chi connectivity index (χ0) is 18.4. The van der Waals surface area contributed by atoms with Crippen LogP contribution in [0.15, 0.2) is 58.5 Å². The molecule has 1 aromatic heterocycles. The van der Waals surface area contributed by atoms with Gasteiger partial charge in [0, 0.05) is 11.0 Å². The van der Waals surface area contributed by atoms with E-state index in [1.807, 2.05) is 54.8 Å². The molecule has 8 heteroatoms. The molecule has 3 aromatic rings. The number of hydrogen-bond acceptors (Lipinski definition) is 6. The van der Waals surface area contributed by atoms with Gasteiger partial charge in [-0.1, -0.05) is 18.2 Å². The molecule has 0 atom stereocenters. The molecular formula is C18H18N4O2S2. The van der Waals surface area contributed by atoms with E-state index in [-0.39, 0.29) is 6.61 Å². The Morgan fingerprint density at radius 1 is 1.23 bits per heavy atom. The lowest BCUT2D eigenvalue weighted by atomic mass is 10.2. The highest BCUT2D eigenvalue weighted by Crippen LogP contribution is 2.19. The van der Waals surface area contributed by atoms with Crippen molar-refractivity contribution in [3.8, 4) is 11.5 Å². The molecule has 2 aromatic carbocycles. The maximum atomic E-state index is 5.76. The second kappa shape index (κ2) is 8.68. The average molecular weight is 387 g/mol. The van der Waals surface area contributed by atoms with Crippen LogP contribution in [0.5, 0.6) is 11.5 Å². The van der Waals surface area contributed by atoms with Gasteiger partial charge in [-0.3, -0.25) is 0 Å². The number of methoxy groups -OCH3 is 1. The third kappa shape index (κ3) is 4.53. The summed E-state index contributed by atoms with van der Waals surface area (Å²) < 4.78 is 12.9. The lowest BCUT2D eigenvalue weighted by molar-refractivity contribution is 0.288. The summed E-state index contributed by atoms with van der Waals surface area (Å²) in [5, 5.41) is 11.3. The molecular weight excluding hydrogens is 368 g/mol. The molecule has 0 unspecified atom stereocenters. The normalized spacial score (nSPS) is 11.0. The highest BCUT2D eigenvalue weighted by atomic mass is 32.2.